The van der Waals surface area contributed by atoms with Gasteiger partial charge in [-0.25, -0.2) is 0 Å². The van der Waals surface area contributed by atoms with E-state index in [2.05, 4.69) is 32.6 Å². The molecule has 0 aromatic heterocycles. The smallest absolute Gasteiger partial charge is 0.281 e. The van der Waals surface area contributed by atoms with E-state index in [9.17, 15) is 9.59 Å². The van der Waals surface area contributed by atoms with E-state index < -0.39 is 4.97 Å². The van der Waals surface area contributed by atoms with Crippen LogP contribution in [0.1, 0.15) is 19.3 Å². The third kappa shape index (κ3) is 4.83. The third-order valence-corrected chi connectivity index (χ3v) is 3.09. The number of likely N-dealkylation sites (tertiary alicyclic amines) is 1. The van der Waals surface area contributed by atoms with Crippen LogP contribution in [0.3, 0.4) is 0 Å². The average Bonchev–Trinajstić information content (AvgIpc) is 2.16. The number of aliphatic hydroxyl groups excluding tert-OH is 1. The van der Waals surface area contributed by atoms with Crippen molar-refractivity contribution in [3.8, 4) is 0 Å². The zero-order valence-corrected chi connectivity index (χ0v) is 11.4. The molecule has 0 aromatic carbocycles. The van der Waals surface area contributed by atoms with Crippen LogP contribution in [-0.4, -0.2) is 71.2 Å². The minimum absolute atomic E-state index is 0.00533. The molecule has 0 spiro atoms. The molecule has 0 aliphatic carbocycles. The number of allylic oxidation sites excluding steroid dienone is 1. The Morgan fingerprint density at radius 1 is 1.44 bits per heavy atom. The molecular formula is C10H13Al2NO3. The Morgan fingerprint density at radius 3 is 2.44 bits per heavy atom. The number of carbonyl (C=O) groups excluding carboxylic acids is 2. The largest absolute Gasteiger partial charge is 0.410 e. The van der Waals surface area contributed by atoms with Gasteiger partial charge in [0.2, 0.25) is 0 Å². The number of piperidine rings is 1. The van der Waals surface area contributed by atoms with E-state index in [4.69, 9.17) is 5.11 Å². The molecule has 1 aliphatic heterocycles. The lowest BCUT2D eigenvalue weighted by Crippen LogP contribution is -2.35. The lowest BCUT2D eigenvalue weighted by molar-refractivity contribution is -0.115. The fourth-order valence-corrected chi connectivity index (χ4v) is 2.14. The molecule has 1 saturated heterocycles. The normalized spacial score (nSPS) is 18.1. The number of aliphatic hydroxyl groups is 1. The Hall–Kier alpha value is -0.0951. The second-order valence-electron chi connectivity index (χ2n) is 3.87. The zero-order chi connectivity index (χ0) is 12.1. The monoisotopic (exact) mass is 249 g/mol. The van der Waals surface area contributed by atoms with Crippen LogP contribution in [0.2, 0.25) is 0 Å². The number of amides is 1. The lowest BCUT2D eigenvalue weighted by atomic mass is 10.0. The molecule has 16 heavy (non-hydrogen) atoms. The van der Waals surface area contributed by atoms with E-state index in [-0.39, 0.29) is 17.0 Å². The van der Waals surface area contributed by atoms with Crippen molar-refractivity contribution in [2.45, 2.75) is 24.2 Å². The van der Waals surface area contributed by atoms with Crippen LogP contribution in [0.15, 0.2) is 11.6 Å². The molecule has 1 fully saturated rings. The standard InChI is InChI=1S/C10H13NO3.2Al/c12-6-3-10(14)7-9-1-4-11(8-13)5-2-9;;/h6-7,12H,1-5H2;;. The summed E-state index contributed by atoms with van der Waals surface area (Å²) in [7, 11) is 0. The molecule has 0 aromatic rings. The van der Waals surface area contributed by atoms with Crippen molar-refractivity contribution in [1.82, 2.24) is 4.90 Å². The van der Waals surface area contributed by atoms with Crippen molar-refractivity contribution in [1.29, 1.82) is 0 Å². The first-order chi connectivity index (χ1) is 7.49. The highest BCUT2D eigenvalue weighted by molar-refractivity contribution is 6.56. The van der Waals surface area contributed by atoms with Gasteiger partial charge in [-0.3, -0.25) is 4.79 Å². The molecule has 1 aliphatic rings. The summed E-state index contributed by atoms with van der Waals surface area (Å²) in [5.74, 6) is -0.0526. The second kappa shape index (κ2) is 6.59. The minimum Gasteiger partial charge on any atom is -0.410 e. The summed E-state index contributed by atoms with van der Waals surface area (Å²) in [5.41, 5.74) is 1.07. The Kier molecular flexibility index (Phi) is 5.76. The molecule has 1 rings (SSSR count). The first-order valence-electron chi connectivity index (χ1n) is 5.19. The van der Waals surface area contributed by atoms with Crippen LogP contribution in [0.5, 0.6) is 0 Å². The highest BCUT2D eigenvalue weighted by atomic mass is 27.1. The molecule has 0 saturated carbocycles. The van der Waals surface area contributed by atoms with E-state index in [1.807, 2.05) is 0 Å². The van der Waals surface area contributed by atoms with Crippen LogP contribution >= 0.6 is 0 Å². The van der Waals surface area contributed by atoms with E-state index in [1.165, 1.54) is 0 Å². The molecule has 0 bridgehead atoms. The highest BCUT2D eigenvalue weighted by Gasteiger charge is 2.15. The van der Waals surface area contributed by atoms with Crippen molar-refractivity contribution in [3.05, 3.63) is 11.6 Å². The molecule has 1 N–H and O–H groups in total. The number of ketones is 1. The zero-order valence-electron chi connectivity index (χ0n) is 9.06. The maximum atomic E-state index is 11.4. The van der Waals surface area contributed by atoms with Gasteiger partial charge in [0, 0.05) is 19.5 Å². The molecule has 4 nitrogen and oxygen atoms in total. The van der Waals surface area contributed by atoms with E-state index in [0.29, 0.717) is 13.1 Å². The predicted molar refractivity (Wildman–Crippen MR) is 61.4 cm³/mol. The molecule has 6 heteroatoms. The summed E-state index contributed by atoms with van der Waals surface area (Å²) in [5, 5.41) is 9.02. The number of carbonyl (C=O) groups is 2. The lowest BCUT2D eigenvalue weighted by Gasteiger charge is -2.28. The van der Waals surface area contributed by atoms with Gasteiger partial charge >= 0.3 is 0 Å². The summed E-state index contributed by atoms with van der Waals surface area (Å²) in [6.07, 6.45) is 3.25. The van der Waals surface area contributed by atoms with Crippen LogP contribution in [0.25, 0.3) is 0 Å². The van der Waals surface area contributed by atoms with Crippen molar-refractivity contribution < 1.29 is 14.7 Å². The maximum Gasteiger partial charge on any atom is 0.281 e. The SMILES string of the molecule is O=C(C=C1CCN([C](=O)[Al])CC1)C[CH](O)[Al]. The van der Waals surface area contributed by atoms with Gasteiger partial charge in [-0.15, -0.1) is 0 Å². The molecule has 4 radical (unpaired) electrons. The van der Waals surface area contributed by atoms with Crippen molar-refractivity contribution >= 4 is 43.1 Å². The van der Waals surface area contributed by atoms with Gasteiger partial charge in [-0.2, -0.15) is 0 Å². The minimum atomic E-state index is -0.668. The van der Waals surface area contributed by atoms with Crippen LogP contribution in [0.4, 0.5) is 4.79 Å². The fourth-order valence-electron chi connectivity index (χ4n) is 1.65. The maximum absolute atomic E-state index is 11.4. The summed E-state index contributed by atoms with van der Waals surface area (Å²) in [6, 6.07) is 0. The van der Waals surface area contributed by atoms with E-state index in [1.54, 1.807) is 11.0 Å². The van der Waals surface area contributed by atoms with E-state index >= 15 is 0 Å². The Bertz CT molecular complexity index is 305. The van der Waals surface area contributed by atoms with Gasteiger partial charge in [0.1, 0.15) is 0 Å². The fraction of sp³-hybridized carbons (Fsp3) is 0.600. The van der Waals surface area contributed by atoms with Crippen molar-refractivity contribution in [2.75, 3.05) is 13.1 Å². The molecule has 1 unspecified atom stereocenters. The first-order valence-corrected chi connectivity index (χ1v) is 6.43. The van der Waals surface area contributed by atoms with Gasteiger partial charge in [0.05, 0.1) is 4.77 Å². The Morgan fingerprint density at radius 2 is 2.00 bits per heavy atom. The summed E-state index contributed by atoms with van der Waals surface area (Å²) >= 11 is 4.35. The van der Waals surface area contributed by atoms with Gasteiger partial charge in [0.25, 0.3) is 16.3 Å². The number of nitrogens with zero attached hydrogens (tertiary/aromatic N) is 1. The van der Waals surface area contributed by atoms with Crippen molar-refractivity contribution in [2.24, 2.45) is 0 Å². The summed E-state index contributed by atoms with van der Waals surface area (Å²) < 4.78 is 0.00533. The van der Waals surface area contributed by atoms with Crippen LogP contribution in [-0.2, 0) is 4.79 Å². The number of hydrogen-bond donors (Lipinski definition) is 1. The van der Waals surface area contributed by atoms with Gasteiger partial charge in [-0.1, -0.05) is 5.57 Å². The molecule has 1 amide bonds. The van der Waals surface area contributed by atoms with Crippen molar-refractivity contribution in [3.63, 3.8) is 0 Å². The highest BCUT2D eigenvalue weighted by Crippen LogP contribution is 2.16. The van der Waals surface area contributed by atoms with Gasteiger partial charge in [-0.05, 0) is 23.9 Å². The Balaban J connectivity index is 2.44. The number of rotatable bonds is 3. The Labute approximate surface area is 112 Å². The van der Waals surface area contributed by atoms with E-state index in [0.717, 1.165) is 18.4 Å². The predicted octanol–water partition coefficient (Wildman–Crippen LogP) is -0.257. The topological polar surface area (TPSA) is 57.6 Å². The van der Waals surface area contributed by atoms with Crippen LogP contribution < -0.4 is 0 Å². The third-order valence-electron chi connectivity index (χ3n) is 2.49. The quantitative estimate of drug-likeness (QED) is 0.554. The summed E-state index contributed by atoms with van der Waals surface area (Å²) in [6.45, 7) is 1.34. The average molecular weight is 249 g/mol. The molecule has 1 atom stereocenters. The van der Waals surface area contributed by atoms with Gasteiger partial charge < -0.3 is 14.8 Å². The number of hydrogen-bond acceptors (Lipinski definition) is 3. The van der Waals surface area contributed by atoms with Crippen LogP contribution in [0, 0.1) is 0 Å². The molecular weight excluding hydrogens is 236 g/mol. The molecule has 82 valence electrons. The first kappa shape index (κ1) is 14.0. The molecule has 1 heterocycles. The van der Waals surface area contributed by atoms with Gasteiger partial charge in [0.15, 0.2) is 22.1 Å². The summed E-state index contributed by atoms with van der Waals surface area (Å²) in [4.78, 5) is 23.5. The second-order valence-corrected chi connectivity index (χ2v) is 5.13.